The summed E-state index contributed by atoms with van der Waals surface area (Å²) in [4.78, 5) is 17.2. The van der Waals surface area contributed by atoms with Crippen LogP contribution in [0.4, 0.5) is 11.4 Å². The highest BCUT2D eigenvalue weighted by Gasteiger charge is 2.28. The highest BCUT2D eigenvalue weighted by atomic mass is 32.2. The molecular weight excluding hydrogens is 458 g/mol. The Balaban J connectivity index is 1.54. The molecule has 0 saturated heterocycles. The highest BCUT2D eigenvalue weighted by Crippen LogP contribution is 2.27. The van der Waals surface area contributed by atoms with E-state index in [1.54, 1.807) is 36.7 Å². The van der Waals surface area contributed by atoms with Crippen LogP contribution in [0.25, 0.3) is 0 Å². The van der Waals surface area contributed by atoms with Crippen molar-refractivity contribution in [1.29, 1.82) is 0 Å². The first-order chi connectivity index (χ1) is 16.8. The number of pyridine rings is 1. The van der Waals surface area contributed by atoms with E-state index in [9.17, 15) is 13.2 Å². The van der Waals surface area contributed by atoms with E-state index in [0.29, 0.717) is 11.4 Å². The van der Waals surface area contributed by atoms with E-state index >= 15 is 0 Å². The third-order valence-electron chi connectivity index (χ3n) is 5.63. The molecule has 1 aromatic heterocycles. The average molecular weight is 486 g/mol. The Morgan fingerprint density at radius 1 is 0.857 bits per heavy atom. The summed E-state index contributed by atoms with van der Waals surface area (Å²) in [5.74, 6) is -0.425. The molecule has 35 heavy (non-hydrogen) atoms. The number of nitrogens with zero attached hydrogens (tertiary/aromatic N) is 2. The Hall–Kier alpha value is -3.97. The van der Waals surface area contributed by atoms with Gasteiger partial charge in [0, 0.05) is 18.1 Å². The summed E-state index contributed by atoms with van der Waals surface area (Å²) in [7, 11) is -3.95. The van der Waals surface area contributed by atoms with Crippen molar-refractivity contribution in [3.63, 3.8) is 0 Å². The summed E-state index contributed by atoms with van der Waals surface area (Å²) in [6, 6.07) is 25.1. The number of carbonyl (C=O) groups excluding carboxylic acids is 1. The number of aromatic nitrogens is 1. The van der Waals surface area contributed by atoms with Crippen LogP contribution in [0.1, 0.15) is 22.3 Å². The van der Waals surface area contributed by atoms with Crippen LogP contribution >= 0.6 is 0 Å². The molecule has 0 aliphatic carbocycles. The second-order valence-electron chi connectivity index (χ2n) is 8.39. The van der Waals surface area contributed by atoms with Crippen molar-refractivity contribution in [2.45, 2.75) is 25.2 Å². The zero-order valence-corrected chi connectivity index (χ0v) is 20.5. The van der Waals surface area contributed by atoms with Gasteiger partial charge >= 0.3 is 0 Å². The van der Waals surface area contributed by atoms with Crippen molar-refractivity contribution in [2.24, 2.45) is 0 Å². The number of hydrogen-bond acceptors (Lipinski definition) is 4. The Labute approximate surface area is 206 Å². The van der Waals surface area contributed by atoms with Crippen LogP contribution in [0.2, 0.25) is 0 Å². The first kappa shape index (κ1) is 24.2. The molecule has 178 valence electrons. The molecule has 0 unspecified atom stereocenters. The number of rotatable bonds is 8. The summed E-state index contributed by atoms with van der Waals surface area (Å²) < 4.78 is 28.2. The molecule has 0 radical (unpaired) electrons. The van der Waals surface area contributed by atoms with Crippen molar-refractivity contribution >= 4 is 27.3 Å². The maximum Gasteiger partial charge on any atom is 0.264 e. The Morgan fingerprint density at radius 3 is 2.17 bits per heavy atom. The zero-order chi connectivity index (χ0) is 24.8. The third-order valence-corrected chi connectivity index (χ3v) is 7.41. The van der Waals surface area contributed by atoms with E-state index in [-0.39, 0.29) is 11.4 Å². The summed E-state index contributed by atoms with van der Waals surface area (Å²) in [5.41, 5.74) is 5.11. The summed E-state index contributed by atoms with van der Waals surface area (Å²) in [6.07, 6.45) is 4.27. The summed E-state index contributed by atoms with van der Waals surface area (Å²) >= 11 is 0. The van der Waals surface area contributed by atoms with Gasteiger partial charge in [0.2, 0.25) is 5.91 Å². The van der Waals surface area contributed by atoms with E-state index in [4.69, 9.17) is 0 Å². The van der Waals surface area contributed by atoms with Crippen LogP contribution < -0.4 is 9.62 Å². The van der Waals surface area contributed by atoms with Crippen molar-refractivity contribution in [3.8, 4) is 0 Å². The lowest BCUT2D eigenvalue weighted by molar-refractivity contribution is -0.114. The fraction of sp³-hybridized carbons (Fsp3) is 0.143. The fourth-order valence-corrected chi connectivity index (χ4v) is 5.38. The van der Waals surface area contributed by atoms with Crippen LogP contribution in [0.15, 0.2) is 102 Å². The second kappa shape index (κ2) is 10.5. The summed E-state index contributed by atoms with van der Waals surface area (Å²) in [5, 5.41) is 2.83. The van der Waals surface area contributed by atoms with E-state index in [0.717, 1.165) is 28.7 Å². The molecule has 1 heterocycles. The van der Waals surface area contributed by atoms with Crippen molar-refractivity contribution in [1.82, 2.24) is 4.98 Å². The van der Waals surface area contributed by atoms with Crippen LogP contribution in [-0.2, 0) is 21.2 Å². The molecule has 0 atom stereocenters. The maximum atomic E-state index is 13.5. The van der Waals surface area contributed by atoms with Gasteiger partial charge in [0.15, 0.2) is 0 Å². The first-order valence-electron chi connectivity index (χ1n) is 11.3. The minimum absolute atomic E-state index is 0.133. The van der Waals surface area contributed by atoms with Crippen molar-refractivity contribution < 1.29 is 13.2 Å². The molecule has 0 aliphatic rings. The molecule has 4 rings (SSSR count). The van der Waals surface area contributed by atoms with E-state index in [2.05, 4.69) is 10.3 Å². The predicted octanol–water partition coefficient (Wildman–Crippen LogP) is 5.12. The number of hydrogen-bond donors (Lipinski definition) is 1. The van der Waals surface area contributed by atoms with Crippen LogP contribution in [0, 0.1) is 13.8 Å². The molecule has 1 amide bonds. The van der Waals surface area contributed by atoms with Gasteiger partial charge in [-0.3, -0.25) is 14.1 Å². The number of sulfonamides is 1. The van der Waals surface area contributed by atoms with Gasteiger partial charge in [0.25, 0.3) is 10.0 Å². The molecule has 1 N–H and O–H groups in total. The zero-order valence-electron chi connectivity index (χ0n) is 19.7. The van der Waals surface area contributed by atoms with Gasteiger partial charge in [-0.25, -0.2) is 8.42 Å². The van der Waals surface area contributed by atoms with Gasteiger partial charge < -0.3 is 5.32 Å². The van der Waals surface area contributed by atoms with E-state index in [1.165, 1.54) is 16.4 Å². The van der Waals surface area contributed by atoms with E-state index in [1.807, 2.05) is 62.4 Å². The minimum atomic E-state index is -3.95. The van der Waals surface area contributed by atoms with Gasteiger partial charge in [-0.15, -0.1) is 0 Å². The molecule has 0 saturated carbocycles. The van der Waals surface area contributed by atoms with Gasteiger partial charge in [0.05, 0.1) is 10.6 Å². The van der Waals surface area contributed by atoms with Crippen molar-refractivity contribution in [3.05, 3.63) is 120 Å². The lowest BCUT2D eigenvalue weighted by Crippen LogP contribution is -2.38. The monoisotopic (exact) mass is 485 g/mol. The molecule has 0 spiro atoms. The predicted molar refractivity (Wildman–Crippen MR) is 139 cm³/mol. The quantitative estimate of drug-likeness (QED) is 0.376. The standard InChI is InChI=1S/C28H27N3O3S/c1-21-8-13-27(22(2)18-21)31(35(33,34)26-6-4-3-5-7-26)20-28(32)30-25-11-9-23(10-12-25)19-24-14-16-29-17-15-24/h3-18H,19-20H2,1-2H3,(H,30,32). The first-order valence-corrected chi connectivity index (χ1v) is 12.7. The largest absolute Gasteiger partial charge is 0.325 e. The number of carbonyl (C=O) groups is 1. The molecule has 0 fully saturated rings. The summed E-state index contributed by atoms with van der Waals surface area (Å²) in [6.45, 7) is 3.44. The molecule has 0 aliphatic heterocycles. The number of benzene rings is 3. The lowest BCUT2D eigenvalue weighted by atomic mass is 10.1. The second-order valence-corrected chi connectivity index (χ2v) is 10.3. The molecule has 4 aromatic rings. The van der Waals surface area contributed by atoms with E-state index < -0.39 is 15.9 Å². The van der Waals surface area contributed by atoms with Crippen molar-refractivity contribution in [2.75, 3.05) is 16.2 Å². The Morgan fingerprint density at radius 2 is 1.51 bits per heavy atom. The number of aryl methyl sites for hydroxylation is 2. The molecular formula is C28H27N3O3S. The van der Waals surface area contributed by atoms with Crippen LogP contribution in [0.3, 0.4) is 0 Å². The van der Waals surface area contributed by atoms with Gasteiger partial charge in [-0.05, 0) is 79.4 Å². The Kier molecular flexibility index (Phi) is 7.27. The minimum Gasteiger partial charge on any atom is -0.325 e. The average Bonchev–Trinajstić information content (AvgIpc) is 2.85. The molecule has 3 aromatic carbocycles. The third kappa shape index (κ3) is 5.94. The number of anilines is 2. The lowest BCUT2D eigenvalue weighted by Gasteiger charge is -2.26. The maximum absolute atomic E-state index is 13.5. The molecule has 6 nitrogen and oxygen atoms in total. The van der Waals surface area contributed by atoms with Crippen LogP contribution in [-0.4, -0.2) is 25.9 Å². The topological polar surface area (TPSA) is 79.4 Å². The Bertz CT molecular complexity index is 1410. The van der Waals surface area contributed by atoms with Crippen LogP contribution in [0.5, 0.6) is 0 Å². The molecule has 0 bridgehead atoms. The van der Waals surface area contributed by atoms with Gasteiger partial charge in [0.1, 0.15) is 6.54 Å². The number of amides is 1. The normalized spacial score (nSPS) is 11.1. The SMILES string of the molecule is Cc1ccc(N(CC(=O)Nc2ccc(Cc3ccncc3)cc2)S(=O)(=O)c2ccccc2)c(C)c1. The number of nitrogens with one attached hydrogen (secondary N) is 1. The molecule has 7 heteroatoms. The van der Waals surface area contributed by atoms with Gasteiger partial charge in [-0.1, -0.05) is 48.0 Å². The smallest absolute Gasteiger partial charge is 0.264 e. The highest BCUT2D eigenvalue weighted by molar-refractivity contribution is 7.92. The van der Waals surface area contributed by atoms with Gasteiger partial charge in [-0.2, -0.15) is 0 Å². The fourth-order valence-electron chi connectivity index (χ4n) is 3.88.